The van der Waals surface area contributed by atoms with Gasteiger partial charge in [-0.1, -0.05) is 69.2 Å². The number of amides is 2. The summed E-state index contributed by atoms with van der Waals surface area (Å²) in [5.41, 5.74) is 2.12. The smallest absolute Gasteiger partial charge is 0.410 e. The predicted octanol–water partition coefficient (Wildman–Crippen LogP) is 8.20. The summed E-state index contributed by atoms with van der Waals surface area (Å²) in [6, 6.07) is 15.4. The van der Waals surface area contributed by atoms with E-state index in [0.29, 0.717) is 11.5 Å². The van der Waals surface area contributed by atoms with E-state index >= 15 is 0 Å². The van der Waals surface area contributed by atoms with Crippen LogP contribution in [0.25, 0.3) is 21.5 Å². The molecule has 2 aromatic carbocycles. The largest absolute Gasteiger partial charge is 0.414 e. The van der Waals surface area contributed by atoms with Crippen molar-refractivity contribution in [2.75, 3.05) is 28.2 Å². The molecule has 43 heavy (non-hydrogen) atoms. The highest BCUT2D eigenvalue weighted by Gasteiger charge is 2.13. The molecule has 8 heteroatoms. The molecule has 0 saturated carbocycles. The van der Waals surface area contributed by atoms with Crippen LogP contribution in [0.2, 0.25) is 0 Å². The Hall–Kier alpha value is -4.20. The Balaban J connectivity index is 1.13. The van der Waals surface area contributed by atoms with Gasteiger partial charge in [0.15, 0.2) is 0 Å². The molecule has 0 aliphatic carbocycles. The number of aryl methyl sites for hydroxylation is 2. The van der Waals surface area contributed by atoms with Gasteiger partial charge in [0.1, 0.15) is 11.5 Å². The van der Waals surface area contributed by atoms with E-state index in [0.717, 1.165) is 58.6 Å². The van der Waals surface area contributed by atoms with Crippen molar-refractivity contribution in [3.63, 3.8) is 0 Å². The van der Waals surface area contributed by atoms with Crippen molar-refractivity contribution in [2.24, 2.45) is 0 Å². The standard InChI is InChI=1S/C35H44N4O4/c1-38(2)34(40)42-32-20-14-16-26-28(32)22-24-36-30(26)18-12-10-8-6-5-7-9-11-13-19-31-27-17-15-21-33(29(27)23-25-37-31)43-35(41)39(3)4/h14-17,20-25H,5-13,18-19H2,1-4H3. The third kappa shape index (κ3) is 8.89. The monoisotopic (exact) mass is 584 g/mol. The van der Waals surface area contributed by atoms with Crippen molar-refractivity contribution in [3.05, 3.63) is 72.3 Å². The van der Waals surface area contributed by atoms with E-state index < -0.39 is 0 Å². The van der Waals surface area contributed by atoms with E-state index in [2.05, 4.69) is 22.1 Å². The Bertz CT molecular complexity index is 1410. The van der Waals surface area contributed by atoms with Gasteiger partial charge in [-0.3, -0.25) is 9.97 Å². The first-order chi connectivity index (χ1) is 20.8. The second-order valence-corrected chi connectivity index (χ2v) is 11.4. The highest BCUT2D eigenvalue weighted by atomic mass is 16.6. The van der Waals surface area contributed by atoms with Crippen molar-refractivity contribution >= 4 is 33.7 Å². The summed E-state index contributed by atoms with van der Waals surface area (Å²) < 4.78 is 11.1. The molecule has 0 radical (unpaired) electrons. The number of pyridine rings is 2. The van der Waals surface area contributed by atoms with Gasteiger partial charge in [0.05, 0.1) is 0 Å². The molecule has 0 aliphatic rings. The molecular weight excluding hydrogens is 540 g/mol. The molecule has 8 nitrogen and oxygen atoms in total. The fraction of sp³-hybridized carbons (Fsp3) is 0.429. The summed E-state index contributed by atoms with van der Waals surface area (Å²) in [6.45, 7) is 0. The summed E-state index contributed by atoms with van der Waals surface area (Å²) in [4.78, 5) is 36.2. The number of aromatic nitrogens is 2. The highest BCUT2D eigenvalue weighted by molar-refractivity contribution is 5.92. The van der Waals surface area contributed by atoms with E-state index in [1.165, 1.54) is 54.7 Å². The number of nitrogens with zero attached hydrogens (tertiary/aromatic N) is 4. The maximum Gasteiger partial charge on any atom is 0.414 e. The van der Waals surface area contributed by atoms with Gasteiger partial charge in [-0.05, 0) is 49.9 Å². The summed E-state index contributed by atoms with van der Waals surface area (Å²) in [5.74, 6) is 1.15. The Morgan fingerprint density at radius 3 is 1.28 bits per heavy atom. The van der Waals surface area contributed by atoms with Crippen molar-refractivity contribution in [2.45, 2.75) is 70.6 Å². The number of carbonyl (C=O) groups is 2. The molecule has 0 N–H and O–H groups in total. The molecule has 0 fully saturated rings. The zero-order chi connectivity index (χ0) is 30.6. The molecule has 228 valence electrons. The van der Waals surface area contributed by atoms with E-state index in [-0.39, 0.29) is 12.2 Å². The number of unbranched alkanes of at least 4 members (excludes halogenated alkanes) is 8. The minimum atomic E-state index is -0.382. The maximum absolute atomic E-state index is 12.0. The van der Waals surface area contributed by atoms with Crippen molar-refractivity contribution in [3.8, 4) is 11.5 Å². The topological polar surface area (TPSA) is 84.9 Å². The lowest BCUT2D eigenvalue weighted by atomic mass is 10.0. The SMILES string of the molecule is CN(C)C(=O)Oc1cccc2c(CCCCCCCCCCCc3nccc4c(OC(=O)N(C)C)cccc34)nccc12. The summed E-state index contributed by atoms with van der Waals surface area (Å²) >= 11 is 0. The summed E-state index contributed by atoms with van der Waals surface area (Å²) in [6.07, 6.45) is 15.5. The molecule has 0 bridgehead atoms. The molecule has 0 aliphatic heterocycles. The van der Waals surface area contributed by atoms with E-state index in [4.69, 9.17) is 9.47 Å². The van der Waals surface area contributed by atoms with Gasteiger partial charge >= 0.3 is 12.2 Å². The Labute approximate surface area is 255 Å². The molecule has 2 amide bonds. The van der Waals surface area contributed by atoms with Crippen LogP contribution in [0.5, 0.6) is 11.5 Å². The average molecular weight is 585 g/mol. The Kier molecular flexibility index (Phi) is 11.7. The van der Waals surface area contributed by atoms with Gasteiger partial charge in [0.2, 0.25) is 0 Å². The Morgan fingerprint density at radius 2 is 0.907 bits per heavy atom. The molecule has 4 aromatic rings. The van der Waals surface area contributed by atoms with Gasteiger partial charge in [-0.2, -0.15) is 0 Å². The van der Waals surface area contributed by atoms with E-state index in [1.807, 2.05) is 36.4 Å². The molecular formula is C35H44N4O4. The third-order valence-electron chi connectivity index (χ3n) is 7.65. The van der Waals surface area contributed by atoms with Crippen LogP contribution in [0.4, 0.5) is 9.59 Å². The van der Waals surface area contributed by atoms with Crippen LogP contribution >= 0.6 is 0 Å². The van der Waals surface area contributed by atoms with Crippen LogP contribution in [0.3, 0.4) is 0 Å². The number of hydrogen-bond acceptors (Lipinski definition) is 6. The second kappa shape index (κ2) is 15.9. The highest BCUT2D eigenvalue weighted by Crippen LogP contribution is 2.29. The second-order valence-electron chi connectivity index (χ2n) is 11.4. The van der Waals surface area contributed by atoms with Crippen LogP contribution in [0.1, 0.15) is 69.2 Å². The quantitative estimate of drug-likeness (QED) is 0.139. The van der Waals surface area contributed by atoms with Crippen molar-refractivity contribution in [1.82, 2.24) is 19.8 Å². The number of fused-ring (bicyclic) bond motifs is 2. The molecule has 2 aromatic heterocycles. The van der Waals surface area contributed by atoms with Crippen molar-refractivity contribution < 1.29 is 19.1 Å². The first-order valence-electron chi connectivity index (χ1n) is 15.4. The number of ether oxygens (including phenoxy) is 2. The lowest BCUT2D eigenvalue weighted by molar-refractivity contribution is 0.171. The fourth-order valence-corrected chi connectivity index (χ4v) is 5.25. The van der Waals surface area contributed by atoms with Crippen LogP contribution in [0, 0.1) is 0 Å². The molecule has 4 rings (SSSR count). The lowest BCUT2D eigenvalue weighted by Crippen LogP contribution is -2.25. The molecule has 0 saturated heterocycles. The van der Waals surface area contributed by atoms with Gasteiger partial charge in [0.25, 0.3) is 0 Å². The van der Waals surface area contributed by atoms with E-state index in [9.17, 15) is 9.59 Å². The van der Waals surface area contributed by atoms with Gasteiger partial charge in [-0.25, -0.2) is 9.59 Å². The summed E-state index contributed by atoms with van der Waals surface area (Å²) in [5, 5.41) is 3.96. The van der Waals surface area contributed by atoms with Gasteiger partial charge in [0, 0.05) is 73.5 Å². The molecule has 0 unspecified atom stereocenters. The van der Waals surface area contributed by atoms with Crippen LogP contribution < -0.4 is 9.47 Å². The number of carbonyl (C=O) groups excluding carboxylic acids is 2. The number of hydrogen-bond donors (Lipinski definition) is 0. The normalized spacial score (nSPS) is 11.1. The van der Waals surface area contributed by atoms with Crippen LogP contribution in [0.15, 0.2) is 60.9 Å². The number of benzene rings is 2. The first kappa shape index (κ1) is 31.7. The molecule has 2 heterocycles. The van der Waals surface area contributed by atoms with Gasteiger partial charge < -0.3 is 19.3 Å². The predicted molar refractivity (Wildman–Crippen MR) is 172 cm³/mol. The zero-order valence-corrected chi connectivity index (χ0v) is 26.0. The van der Waals surface area contributed by atoms with Crippen LogP contribution in [-0.4, -0.2) is 60.1 Å². The minimum Gasteiger partial charge on any atom is -0.410 e. The maximum atomic E-state index is 12.0. The van der Waals surface area contributed by atoms with E-state index in [1.54, 1.807) is 40.6 Å². The zero-order valence-electron chi connectivity index (χ0n) is 26.0. The molecule has 0 atom stereocenters. The number of rotatable bonds is 14. The average Bonchev–Trinajstić information content (AvgIpc) is 3.00. The summed E-state index contributed by atoms with van der Waals surface area (Å²) in [7, 11) is 6.71. The van der Waals surface area contributed by atoms with Crippen LogP contribution in [-0.2, 0) is 12.8 Å². The minimum absolute atomic E-state index is 0.382. The third-order valence-corrected chi connectivity index (χ3v) is 7.65. The molecule has 0 spiro atoms. The Morgan fingerprint density at radius 1 is 0.535 bits per heavy atom. The van der Waals surface area contributed by atoms with Crippen molar-refractivity contribution in [1.29, 1.82) is 0 Å². The lowest BCUT2D eigenvalue weighted by Gasteiger charge is -2.13. The first-order valence-corrected chi connectivity index (χ1v) is 15.4. The van der Waals surface area contributed by atoms with Gasteiger partial charge in [-0.15, -0.1) is 0 Å². The fourth-order valence-electron chi connectivity index (χ4n) is 5.25.